The van der Waals surface area contributed by atoms with Gasteiger partial charge in [-0.15, -0.1) is 0 Å². The third kappa shape index (κ3) is 1.21. The summed E-state index contributed by atoms with van der Waals surface area (Å²) in [5.41, 5.74) is 12.1. The van der Waals surface area contributed by atoms with Crippen LogP contribution in [0.1, 0.15) is 0 Å². The normalized spacial score (nSPS) is 10.4. The molecule has 4 heteroatoms. The number of fused-ring (bicyclic) bond motifs is 1. The molecule has 0 aliphatic rings. The van der Waals surface area contributed by atoms with E-state index in [4.69, 9.17) is 16.2 Å². The van der Waals surface area contributed by atoms with E-state index in [-0.39, 0.29) is 0 Å². The molecule has 0 saturated carbocycles. The molecule has 0 unspecified atom stereocenters. The molecular weight excluding hydrogens is 178 g/mol. The maximum Gasteiger partial charge on any atom is 0.131 e. The van der Waals surface area contributed by atoms with Gasteiger partial charge in [-0.3, -0.25) is 0 Å². The van der Waals surface area contributed by atoms with Gasteiger partial charge in [-0.1, -0.05) is 0 Å². The van der Waals surface area contributed by atoms with Gasteiger partial charge in [-0.25, -0.2) is 4.98 Å². The van der Waals surface area contributed by atoms with Crippen molar-refractivity contribution >= 4 is 22.3 Å². The minimum Gasteiger partial charge on any atom is -0.497 e. The fraction of sp³-hybridized carbons (Fsp3) is 0.100. The van der Waals surface area contributed by atoms with E-state index >= 15 is 0 Å². The number of ether oxygens (including phenoxy) is 1. The summed E-state index contributed by atoms with van der Waals surface area (Å²) in [6, 6.07) is 5.54. The molecular formula is C10H11N3O. The number of pyridine rings is 1. The van der Waals surface area contributed by atoms with Gasteiger partial charge in [0.15, 0.2) is 0 Å². The lowest BCUT2D eigenvalue weighted by molar-refractivity contribution is 0.415. The Morgan fingerprint density at radius 1 is 1.21 bits per heavy atom. The number of nitrogen functional groups attached to an aromatic ring is 2. The Morgan fingerprint density at radius 3 is 2.71 bits per heavy atom. The quantitative estimate of drug-likeness (QED) is 0.711. The van der Waals surface area contributed by atoms with Crippen LogP contribution in [-0.2, 0) is 0 Å². The summed E-state index contributed by atoms with van der Waals surface area (Å²) in [5.74, 6) is 1.24. The lowest BCUT2D eigenvalue weighted by Crippen LogP contribution is -1.96. The zero-order valence-electron chi connectivity index (χ0n) is 7.82. The van der Waals surface area contributed by atoms with Gasteiger partial charge in [-0.05, 0) is 18.2 Å². The van der Waals surface area contributed by atoms with E-state index in [1.54, 1.807) is 13.3 Å². The minimum absolute atomic E-state index is 0.483. The van der Waals surface area contributed by atoms with E-state index in [9.17, 15) is 0 Å². The highest BCUT2D eigenvalue weighted by Gasteiger charge is 2.03. The van der Waals surface area contributed by atoms with E-state index in [0.29, 0.717) is 11.5 Å². The van der Waals surface area contributed by atoms with Gasteiger partial charge in [0.2, 0.25) is 0 Å². The summed E-state index contributed by atoms with van der Waals surface area (Å²) in [4.78, 5) is 3.97. The number of nitrogens with two attached hydrogens (primary N) is 2. The average molecular weight is 189 g/mol. The number of hydrogen-bond donors (Lipinski definition) is 2. The molecule has 2 aromatic rings. The number of benzene rings is 1. The molecule has 0 aliphatic heterocycles. The maximum absolute atomic E-state index is 5.78. The molecule has 1 aromatic heterocycles. The van der Waals surface area contributed by atoms with Crippen LogP contribution < -0.4 is 16.2 Å². The molecule has 2 rings (SSSR count). The predicted molar refractivity (Wildman–Crippen MR) is 57.1 cm³/mol. The number of rotatable bonds is 1. The molecule has 4 nitrogen and oxygen atoms in total. The summed E-state index contributed by atoms with van der Waals surface area (Å²) >= 11 is 0. The third-order valence-electron chi connectivity index (χ3n) is 2.16. The second kappa shape index (κ2) is 3.06. The van der Waals surface area contributed by atoms with Crippen molar-refractivity contribution in [3.05, 3.63) is 24.4 Å². The van der Waals surface area contributed by atoms with Crippen molar-refractivity contribution in [2.45, 2.75) is 0 Å². The molecule has 72 valence electrons. The first-order valence-electron chi connectivity index (χ1n) is 4.20. The first-order valence-corrected chi connectivity index (χ1v) is 4.20. The topological polar surface area (TPSA) is 74.2 Å². The smallest absolute Gasteiger partial charge is 0.131 e. The Kier molecular flexibility index (Phi) is 1.89. The second-order valence-electron chi connectivity index (χ2n) is 3.01. The van der Waals surface area contributed by atoms with E-state index in [1.807, 2.05) is 18.2 Å². The Balaban J connectivity index is 2.80. The highest BCUT2D eigenvalue weighted by atomic mass is 16.5. The van der Waals surface area contributed by atoms with Crippen LogP contribution in [-0.4, -0.2) is 12.1 Å². The second-order valence-corrected chi connectivity index (χ2v) is 3.01. The Labute approximate surface area is 81.5 Å². The molecule has 0 atom stereocenters. The van der Waals surface area contributed by atoms with E-state index in [1.165, 1.54) is 0 Å². The summed E-state index contributed by atoms with van der Waals surface area (Å²) < 4.78 is 5.10. The van der Waals surface area contributed by atoms with E-state index < -0.39 is 0 Å². The Morgan fingerprint density at radius 2 is 2.00 bits per heavy atom. The largest absolute Gasteiger partial charge is 0.497 e. The molecule has 14 heavy (non-hydrogen) atoms. The molecule has 1 heterocycles. The van der Waals surface area contributed by atoms with Crippen LogP contribution in [0.2, 0.25) is 0 Å². The van der Waals surface area contributed by atoms with E-state index in [0.717, 1.165) is 16.5 Å². The summed E-state index contributed by atoms with van der Waals surface area (Å²) in [6.07, 6.45) is 1.55. The molecule has 0 aliphatic carbocycles. The fourth-order valence-electron chi connectivity index (χ4n) is 1.39. The van der Waals surface area contributed by atoms with Crippen LogP contribution in [0.25, 0.3) is 10.8 Å². The lowest BCUT2D eigenvalue weighted by Gasteiger charge is -2.06. The standard InChI is InChI=1S/C10H11N3O/c1-14-6-2-3-7-8(4-6)9(11)5-13-10(7)12/h2-5H,11H2,1H3,(H2,12,13). The van der Waals surface area contributed by atoms with Gasteiger partial charge in [-0.2, -0.15) is 0 Å². The van der Waals surface area contributed by atoms with Crippen molar-refractivity contribution in [3.63, 3.8) is 0 Å². The van der Waals surface area contributed by atoms with E-state index in [2.05, 4.69) is 4.98 Å². The minimum atomic E-state index is 0.483. The molecule has 0 amide bonds. The molecule has 1 aromatic carbocycles. The van der Waals surface area contributed by atoms with Crippen LogP contribution in [0.15, 0.2) is 24.4 Å². The van der Waals surface area contributed by atoms with Crippen molar-refractivity contribution in [2.24, 2.45) is 0 Å². The molecule has 0 spiro atoms. The molecule has 0 fully saturated rings. The van der Waals surface area contributed by atoms with Gasteiger partial charge < -0.3 is 16.2 Å². The van der Waals surface area contributed by atoms with Gasteiger partial charge in [0.25, 0.3) is 0 Å². The number of methoxy groups -OCH3 is 1. The van der Waals surface area contributed by atoms with Crippen LogP contribution >= 0.6 is 0 Å². The Bertz CT molecular complexity index is 482. The van der Waals surface area contributed by atoms with Crippen molar-refractivity contribution < 1.29 is 4.74 Å². The average Bonchev–Trinajstić information content (AvgIpc) is 2.23. The van der Waals surface area contributed by atoms with Gasteiger partial charge >= 0.3 is 0 Å². The van der Waals surface area contributed by atoms with Crippen LogP contribution in [0, 0.1) is 0 Å². The zero-order chi connectivity index (χ0) is 10.1. The molecule has 0 bridgehead atoms. The third-order valence-corrected chi connectivity index (χ3v) is 2.16. The van der Waals surface area contributed by atoms with Crippen molar-refractivity contribution in [2.75, 3.05) is 18.6 Å². The number of nitrogens with zero attached hydrogens (tertiary/aromatic N) is 1. The zero-order valence-corrected chi connectivity index (χ0v) is 7.82. The number of hydrogen-bond acceptors (Lipinski definition) is 4. The fourth-order valence-corrected chi connectivity index (χ4v) is 1.39. The summed E-state index contributed by atoms with van der Waals surface area (Å²) in [7, 11) is 1.61. The Hall–Kier alpha value is -1.97. The first-order chi connectivity index (χ1) is 6.72. The van der Waals surface area contributed by atoms with Crippen molar-refractivity contribution in [1.29, 1.82) is 0 Å². The number of aromatic nitrogens is 1. The summed E-state index contributed by atoms with van der Waals surface area (Å²) in [5, 5.41) is 1.72. The van der Waals surface area contributed by atoms with Crippen molar-refractivity contribution in [3.8, 4) is 5.75 Å². The van der Waals surface area contributed by atoms with Gasteiger partial charge in [0.05, 0.1) is 19.0 Å². The van der Waals surface area contributed by atoms with Crippen molar-refractivity contribution in [1.82, 2.24) is 4.98 Å². The lowest BCUT2D eigenvalue weighted by atomic mass is 10.1. The van der Waals surface area contributed by atoms with Gasteiger partial charge in [0.1, 0.15) is 11.6 Å². The van der Waals surface area contributed by atoms with Crippen LogP contribution in [0.4, 0.5) is 11.5 Å². The van der Waals surface area contributed by atoms with Gasteiger partial charge in [0, 0.05) is 10.8 Å². The maximum atomic E-state index is 5.78. The highest BCUT2D eigenvalue weighted by molar-refractivity contribution is 5.99. The predicted octanol–water partition coefficient (Wildman–Crippen LogP) is 1.41. The highest BCUT2D eigenvalue weighted by Crippen LogP contribution is 2.27. The molecule has 0 saturated heterocycles. The monoisotopic (exact) mass is 189 g/mol. The molecule has 4 N–H and O–H groups in total. The number of anilines is 2. The first kappa shape index (κ1) is 8.62. The SMILES string of the molecule is COc1ccc2c(N)ncc(N)c2c1. The van der Waals surface area contributed by atoms with Crippen LogP contribution in [0.5, 0.6) is 5.75 Å². The molecule has 0 radical (unpaired) electrons. The van der Waals surface area contributed by atoms with Crippen LogP contribution in [0.3, 0.4) is 0 Å². The summed E-state index contributed by atoms with van der Waals surface area (Å²) in [6.45, 7) is 0.